The van der Waals surface area contributed by atoms with Gasteiger partial charge in [0.1, 0.15) is 17.7 Å². The van der Waals surface area contributed by atoms with Crippen LogP contribution in [-0.4, -0.2) is 53.2 Å². The Labute approximate surface area is 189 Å². The summed E-state index contributed by atoms with van der Waals surface area (Å²) in [6.45, 7) is 9.49. The number of nitrogens with zero attached hydrogens (tertiary/aromatic N) is 3. The highest BCUT2D eigenvalue weighted by Gasteiger charge is 2.39. The highest BCUT2D eigenvalue weighted by atomic mass is 16.5. The second-order valence-corrected chi connectivity index (χ2v) is 8.96. The number of anilines is 1. The van der Waals surface area contributed by atoms with Crippen molar-refractivity contribution < 1.29 is 19.4 Å². The first kappa shape index (κ1) is 21.2. The van der Waals surface area contributed by atoms with Crippen LogP contribution in [0.5, 0.6) is 5.75 Å². The number of hydrogen-bond acceptors (Lipinski definition) is 6. The van der Waals surface area contributed by atoms with Crippen LogP contribution in [0, 0.1) is 13.8 Å². The molecule has 170 valence electrons. The zero-order chi connectivity index (χ0) is 22.4. The van der Waals surface area contributed by atoms with Crippen LogP contribution in [0.25, 0.3) is 0 Å². The van der Waals surface area contributed by atoms with Crippen LogP contribution in [0.15, 0.2) is 18.2 Å². The smallest absolute Gasteiger partial charge is 0.256 e. The molecule has 1 saturated heterocycles. The lowest BCUT2D eigenvalue weighted by atomic mass is 10.00. The van der Waals surface area contributed by atoms with Crippen LogP contribution in [0.1, 0.15) is 64.1 Å². The van der Waals surface area contributed by atoms with Gasteiger partial charge in [0, 0.05) is 32.5 Å². The number of likely N-dealkylation sites (N-methyl/N-ethyl adjacent to an activating group) is 1. The summed E-state index contributed by atoms with van der Waals surface area (Å²) in [6.07, 6.45) is 1.99. The molecule has 5 rings (SSSR count). The molecule has 7 heteroatoms. The molecule has 0 spiro atoms. The molecule has 1 fully saturated rings. The number of pyridine rings is 1. The Morgan fingerprint density at radius 2 is 1.91 bits per heavy atom. The number of aromatic nitrogens is 1. The van der Waals surface area contributed by atoms with Gasteiger partial charge in [-0.1, -0.05) is 6.07 Å². The lowest BCUT2D eigenvalue weighted by molar-refractivity contribution is 0.0666. The molecular weight excluding hydrogens is 406 g/mol. The third-order valence-electron chi connectivity index (χ3n) is 7.17. The minimum atomic E-state index is -0.356. The Hall–Kier alpha value is -2.64. The molecule has 3 aliphatic heterocycles. The number of ether oxygens (including phenoxy) is 2. The Bertz CT molecular complexity index is 1050. The van der Waals surface area contributed by atoms with Crippen LogP contribution in [0.3, 0.4) is 0 Å². The second-order valence-electron chi connectivity index (χ2n) is 8.96. The van der Waals surface area contributed by atoms with E-state index in [-0.39, 0.29) is 24.7 Å². The Balaban J connectivity index is 1.32. The molecule has 0 aliphatic carbocycles. The molecule has 1 aromatic heterocycles. The molecule has 0 bridgehead atoms. The van der Waals surface area contributed by atoms with E-state index in [0.29, 0.717) is 25.3 Å². The largest absolute Gasteiger partial charge is 0.490 e. The fourth-order valence-electron chi connectivity index (χ4n) is 5.20. The summed E-state index contributed by atoms with van der Waals surface area (Å²) in [7, 11) is 0. The van der Waals surface area contributed by atoms with Gasteiger partial charge in [-0.15, -0.1) is 0 Å². The van der Waals surface area contributed by atoms with Gasteiger partial charge < -0.3 is 24.4 Å². The summed E-state index contributed by atoms with van der Waals surface area (Å²) >= 11 is 0. The SMILES string of the molecule is CCN1C(=O)c2c(nc(N3CCC(Oc4ccc5c(c4)COC5)CC3)c(C)c2C)[C@H]1CO. The van der Waals surface area contributed by atoms with Crippen molar-refractivity contribution in [1.82, 2.24) is 9.88 Å². The molecule has 7 nitrogen and oxygen atoms in total. The van der Waals surface area contributed by atoms with Gasteiger partial charge in [0.05, 0.1) is 37.1 Å². The van der Waals surface area contributed by atoms with Crippen molar-refractivity contribution in [3.8, 4) is 5.75 Å². The maximum Gasteiger partial charge on any atom is 0.256 e. The fourth-order valence-corrected chi connectivity index (χ4v) is 5.20. The Kier molecular flexibility index (Phi) is 5.55. The van der Waals surface area contributed by atoms with Crippen LogP contribution in [0.4, 0.5) is 5.82 Å². The average molecular weight is 438 g/mol. The third-order valence-corrected chi connectivity index (χ3v) is 7.17. The van der Waals surface area contributed by atoms with E-state index in [1.54, 1.807) is 4.90 Å². The predicted octanol–water partition coefficient (Wildman–Crippen LogP) is 3.29. The number of carbonyl (C=O) groups excluding carboxylic acids is 1. The van der Waals surface area contributed by atoms with E-state index < -0.39 is 0 Å². The summed E-state index contributed by atoms with van der Waals surface area (Å²) in [5.41, 5.74) is 5.89. The van der Waals surface area contributed by atoms with E-state index >= 15 is 0 Å². The second kappa shape index (κ2) is 8.37. The molecule has 2 aromatic rings. The van der Waals surface area contributed by atoms with Gasteiger partial charge in [-0.3, -0.25) is 4.79 Å². The molecule has 0 unspecified atom stereocenters. The van der Waals surface area contributed by atoms with E-state index in [1.165, 1.54) is 11.1 Å². The quantitative estimate of drug-likeness (QED) is 0.774. The summed E-state index contributed by atoms with van der Waals surface area (Å²) in [4.78, 5) is 21.8. The maximum atomic E-state index is 12.9. The predicted molar refractivity (Wildman–Crippen MR) is 121 cm³/mol. The maximum absolute atomic E-state index is 12.9. The zero-order valence-corrected chi connectivity index (χ0v) is 19.1. The normalized spacial score (nSPS) is 20.6. The first-order valence-electron chi connectivity index (χ1n) is 11.6. The molecular formula is C25H31N3O4. The lowest BCUT2D eigenvalue weighted by Crippen LogP contribution is -2.39. The highest BCUT2D eigenvalue weighted by molar-refractivity contribution is 6.00. The Morgan fingerprint density at radius 1 is 1.16 bits per heavy atom. The van der Waals surface area contributed by atoms with Gasteiger partial charge in [0.25, 0.3) is 5.91 Å². The van der Waals surface area contributed by atoms with Crippen LogP contribution in [0.2, 0.25) is 0 Å². The van der Waals surface area contributed by atoms with Crippen molar-refractivity contribution in [3.05, 3.63) is 51.7 Å². The molecule has 1 N–H and O–H groups in total. The molecule has 3 aliphatic rings. The number of hydrogen-bond donors (Lipinski definition) is 1. The van der Waals surface area contributed by atoms with Gasteiger partial charge in [-0.05, 0) is 55.2 Å². The number of amides is 1. The number of aliphatic hydroxyl groups is 1. The summed E-state index contributed by atoms with van der Waals surface area (Å²) in [5, 5.41) is 9.95. The van der Waals surface area contributed by atoms with Crippen molar-refractivity contribution in [2.24, 2.45) is 0 Å². The summed E-state index contributed by atoms with van der Waals surface area (Å²) < 4.78 is 11.8. The number of benzene rings is 1. The molecule has 1 amide bonds. The summed E-state index contributed by atoms with van der Waals surface area (Å²) in [6, 6.07) is 5.90. The lowest BCUT2D eigenvalue weighted by Gasteiger charge is -2.34. The highest BCUT2D eigenvalue weighted by Crippen LogP contribution is 2.38. The van der Waals surface area contributed by atoms with Crippen LogP contribution < -0.4 is 9.64 Å². The minimum Gasteiger partial charge on any atom is -0.490 e. The number of aliphatic hydroxyl groups excluding tert-OH is 1. The van der Waals surface area contributed by atoms with E-state index in [2.05, 4.69) is 17.0 Å². The zero-order valence-electron chi connectivity index (χ0n) is 19.1. The van der Waals surface area contributed by atoms with Crippen molar-refractivity contribution in [3.63, 3.8) is 0 Å². The van der Waals surface area contributed by atoms with Crippen LogP contribution >= 0.6 is 0 Å². The molecule has 32 heavy (non-hydrogen) atoms. The van der Waals surface area contributed by atoms with Crippen molar-refractivity contribution in [1.29, 1.82) is 0 Å². The van der Waals surface area contributed by atoms with Gasteiger partial charge >= 0.3 is 0 Å². The van der Waals surface area contributed by atoms with Gasteiger partial charge in [-0.25, -0.2) is 4.98 Å². The van der Waals surface area contributed by atoms with Crippen LogP contribution in [-0.2, 0) is 18.0 Å². The van der Waals surface area contributed by atoms with Gasteiger partial charge in [-0.2, -0.15) is 0 Å². The standard InChI is InChI=1S/C25H31N3O4/c1-4-28-21(12-29)23-22(25(28)30)15(2)16(3)24(26-23)27-9-7-19(8-10-27)32-20-6-5-17-13-31-14-18(17)11-20/h5-6,11,19,21,29H,4,7-10,12-14H2,1-3H3/t21-/m1/s1. The topological polar surface area (TPSA) is 75.1 Å². The molecule has 1 aromatic carbocycles. The first-order chi connectivity index (χ1) is 15.5. The van der Waals surface area contributed by atoms with Crippen molar-refractivity contribution in [2.45, 2.75) is 59.0 Å². The molecule has 0 saturated carbocycles. The first-order valence-corrected chi connectivity index (χ1v) is 11.6. The molecule has 1 atom stereocenters. The van der Waals surface area contributed by atoms with E-state index in [1.807, 2.05) is 26.8 Å². The average Bonchev–Trinajstić information content (AvgIpc) is 3.38. The van der Waals surface area contributed by atoms with Crippen molar-refractivity contribution >= 4 is 11.7 Å². The fraction of sp³-hybridized carbons (Fsp3) is 0.520. The number of piperidine rings is 1. The van der Waals surface area contributed by atoms with E-state index in [0.717, 1.165) is 54.3 Å². The van der Waals surface area contributed by atoms with E-state index in [9.17, 15) is 9.90 Å². The van der Waals surface area contributed by atoms with Gasteiger partial charge in [0.2, 0.25) is 0 Å². The number of rotatable bonds is 5. The van der Waals surface area contributed by atoms with Gasteiger partial charge in [0.15, 0.2) is 0 Å². The summed E-state index contributed by atoms with van der Waals surface area (Å²) in [5.74, 6) is 1.82. The third kappa shape index (κ3) is 3.44. The monoisotopic (exact) mass is 437 g/mol. The van der Waals surface area contributed by atoms with Crippen molar-refractivity contribution in [2.75, 3.05) is 31.1 Å². The molecule has 0 radical (unpaired) electrons. The molecule has 4 heterocycles. The Morgan fingerprint density at radius 3 is 2.62 bits per heavy atom. The number of fused-ring (bicyclic) bond motifs is 2. The minimum absolute atomic E-state index is 0.0203. The number of carbonyl (C=O) groups is 1. The van der Waals surface area contributed by atoms with E-state index in [4.69, 9.17) is 14.5 Å².